The molecule has 2 aromatic rings. The smallest absolute Gasteiger partial charge is 0.333 e. The van der Waals surface area contributed by atoms with Crippen LogP contribution in [0.2, 0.25) is 4.34 Å². The summed E-state index contributed by atoms with van der Waals surface area (Å²) in [5, 5.41) is 2.42. The molecule has 0 bridgehead atoms. The van der Waals surface area contributed by atoms with Gasteiger partial charge in [-0.3, -0.25) is 10.2 Å². The summed E-state index contributed by atoms with van der Waals surface area (Å²) in [6, 6.07) is 8.57. The lowest BCUT2D eigenvalue weighted by atomic mass is 10.2. The fourth-order valence-electron chi connectivity index (χ4n) is 1.47. The highest BCUT2D eigenvalue weighted by Gasteiger charge is 2.10. The standard InChI is InChI=1S/C13H11ClFN3O2S/c14-11-6-5-10(21-11)12(19)17-18-13(20)16-7-8-3-1-2-4-9(8)15/h1-6H,7H2,(H,17,19)(H2,16,18,20). The van der Waals surface area contributed by atoms with E-state index < -0.39 is 17.8 Å². The van der Waals surface area contributed by atoms with Gasteiger partial charge in [0.05, 0.1) is 9.21 Å². The van der Waals surface area contributed by atoms with Crippen LogP contribution in [0.15, 0.2) is 36.4 Å². The summed E-state index contributed by atoms with van der Waals surface area (Å²) in [4.78, 5) is 23.5. The highest BCUT2D eigenvalue weighted by molar-refractivity contribution is 7.17. The minimum Gasteiger partial charge on any atom is -0.333 e. The van der Waals surface area contributed by atoms with Crippen molar-refractivity contribution in [3.05, 3.63) is 57.0 Å². The molecule has 0 spiro atoms. The maximum absolute atomic E-state index is 13.3. The minimum atomic E-state index is -0.644. The van der Waals surface area contributed by atoms with Gasteiger partial charge in [-0.1, -0.05) is 29.8 Å². The number of carbonyl (C=O) groups excluding carboxylic acids is 2. The van der Waals surface area contributed by atoms with Gasteiger partial charge in [-0.2, -0.15) is 0 Å². The Hall–Kier alpha value is -2.12. The highest BCUT2D eigenvalue weighted by Crippen LogP contribution is 2.20. The molecule has 1 heterocycles. The zero-order valence-electron chi connectivity index (χ0n) is 10.7. The first kappa shape index (κ1) is 15.3. The third-order valence-corrected chi connectivity index (χ3v) is 3.71. The van der Waals surface area contributed by atoms with E-state index in [1.165, 1.54) is 6.07 Å². The average Bonchev–Trinajstić information content (AvgIpc) is 2.90. The van der Waals surface area contributed by atoms with Gasteiger partial charge in [0.1, 0.15) is 5.82 Å². The lowest BCUT2D eigenvalue weighted by molar-refractivity contribution is 0.0940. The molecule has 0 saturated heterocycles. The largest absolute Gasteiger partial charge is 0.333 e. The first-order valence-electron chi connectivity index (χ1n) is 5.89. The van der Waals surface area contributed by atoms with Crippen LogP contribution in [0.4, 0.5) is 9.18 Å². The van der Waals surface area contributed by atoms with Crippen molar-refractivity contribution in [2.75, 3.05) is 0 Å². The Kier molecular flexibility index (Phi) is 5.13. The Morgan fingerprint density at radius 2 is 1.90 bits per heavy atom. The Labute approximate surface area is 129 Å². The van der Waals surface area contributed by atoms with Crippen molar-refractivity contribution in [1.29, 1.82) is 0 Å². The van der Waals surface area contributed by atoms with E-state index in [-0.39, 0.29) is 6.54 Å². The van der Waals surface area contributed by atoms with E-state index in [2.05, 4.69) is 16.2 Å². The molecule has 0 saturated carbocycles. The summed E-state index contributed by atoms with van der Waals surface area (Å²) in [6.45, 7) is 0.0131. The van der Waals surface area contributed by atoms with E-state index >= 15 is 0 Å². The molecule has 0 aliphatic carbocycles. The zero-order chi connectivity index (χ0) is 15.2. The summed E-state index contributed by atoms with van der Waals surface area (Å²) in [6.07, 6.45) is 0. The molecular formula is C13H11ClFN3O2S. The monoisotopic (exact) mass is 327 g/mol. The molecule has 0 unspecified atom stereocenters. The number of thiophene rings is 1. The normalized spacial score (nSPS) is 10.0. The quantitative estimate of drug-likeness (QED) is 0.759. The Balaban J connectivity index is 1.78. The number of carbonyl (C=O) groups is 2. The fraction of sp³-hybridized carbons (Fsp3) is 0.0769. The molecule has 21 heavy (non-hydrogen) atoms. The van der Waals surface area contributed by atoms with Gasteiger partial charge in [0.2, 0.25) is 0 Å². The number of nitrogens with one attached hydrogen (secondary N) is 3. The van der Waals surface area contributed by atoms with E-state index in [4.69, 9.17) is 11.6 Å². The number of benzene rings is 1. The number of amides is 3. The molecule has 110 valence electrons. The second-order valence-corrected chi connectivity index (χ2v) is 5.67. The van der Waals surface area contributed by atoms with Crippen molar-refractivity contribution >= 4 is 34.9 Å². The van der Waals surface area contributed by atoms with Crippen LogP contribution in [0.25, 0.3) is 0 Å². The van der Waals surface area contributed by atoms with Crippen molar-refractivity contribution in [2.24, 2.45) is 0 Å². The van der Waals surface area contributed by atoms with Gasteiger partial charge in [0.15, 0.2) is 0 Å². The van der Waals surface area contributed by atoms with Crippen LogP contribution in [-0.2, 0) is 6.54 Å². The maximum Gasteiger partial charge on any atom is 0.333 e. The third kappa shape index (κ3) is 4.44. The molecule has 0 aliphatic heterocycles. The van der Waals surface area contributed by atoms with E-state index in [0.717, 1.165) is 11.3 Å². The van der Waals surface area contributed by atoms with Crippen molar-refractivity contribution in [1.82, 2.24) is 16.2 Å². The predicted octanol–water partition coefficient (Wildman–Crippen LogP) is 2.68. The summed E-state index contributed by atoms with van der Waals surface area (Å²) in [5.41, 5.74) is 4.74. The number of hydrogen-bond acceptors (Lipinski definition) is 3. The van der Waals surface area contributed by atoms with Gasteiger partial charge >= 0.3 is 6.03 Å². The van der Waals surface area contributed by atoms with Crippen LogP contribution < -0.4 is 16.2 Å². The molecule has 0 aliphatic rings. The molecular weight excluding hydrogens is 317 g/mol. The number of rotatable bonds is 3. The molecule has 5 nitrogen and oxygen atoms in total. The SMILES string of the molecule is O=C(NCc1ccccc1F)NNC(=O)c1ccc(Cl)s1. The molecule has 3 amide bonds. The van der Waals surface area contributed by atoms with Crippen molar-refractivity contribution in [3.8, 4) is 0 Å². The van der Waals surface area contributed by atoms with E-state index in [0.29, 0.717) is 14.8 Å². The van der Waals surface area contributed by atoms with Gasteiger partial charge in [-0.25, -0.2) is 14.6 Å². The molecule has 3 N–H and O–H groups in total. The summed E-state index contributed by atoms with van der Waals surface area (Å²) < 4.78 is 13.8. The summed E-state index contributed by atoms with van der Waals surface area (Å²) >= 11 is 6.79. The van der Waals surface area contributed by atoms with E-state index in [9.17, 15) is 14.0 Å². The van der Waals surface area contributed by atoms with Crippen LogP contribution in [0.5, 0.6) is 0 Å². The first-order valence-corrected chi connectivity index (χ1v) is 7.08. The molecule has 1 aromatic heterocycles. The minimum absolute atomic E-state index is 0.0131. The van der Waals surface area contributed by atoms with Gasteiger partial charge in [-0.15, -0.1) is 11.3 Å². The third-order valence-electron chi connectivity index (χ3n) is 2.48. The van der Waals surface area contributed by atoms with Crippen LogP contribution in [-0.4, -0.2) is 11.9 Å². The Morgan fingerprint density at radius 3 is 2.57 bits per heavy atom. The van der Waals surface area contributed by atoms with Gasteiger partial charge < -0.3 is 5.32 Å². The summed E-state index contributed by atoms with van der Waals surface area (Å²) in [5.74, 6) is -0.886. The molecule has 1 aromatic carbocycles. The molecule has 0 fully saturated rings. The van der Waals surface area contributed by atoms with Gasteiger partial charge in [0.25, 0.3) is 5.91 Å². The van der Waals surface area contributed by atoms with E-state index in [1.807, 2.05) is 0 Å². The second kappa shape index (κ2) is 7.05. The van der Waals surface area contributed by atoms with Crippen LogP contribution >= 0.6 is 22.9 Å². The molecule has 8 heteroatoms. The molecule has 0 radical (unpaired) electrons. The first-order chi connectivity index (χ1) is 10.1. The highest BCUT2D eigenvalue weighted by atomic mass is 35.5. The topological polar surface area (TPSA) is 70.2 Å². The van der Waals surface area contributed by atoms with Crippen molar-refractivity contribution in [2.45, 2.75) is 6.54 Å². The molecule has 0 atom stereocenters. The van der Waals surface area contributed by atoms with Crippen molar-refractivity contribution < 1.29 is 14.0 Å². The summed E-state index contributed by atoms with van der Waals surface area (Å²) in [7, 11) is 0. The zero-order valence-corrected chi connectivity index (χ0v) is 12.2. The maximum atomic E-state index is 13.3. The Bertz CT molecular complexity index is 662. The number of hydrazine groups is 1. The Morgan fingerprint density at radius 1 is 1.14 bits per heavy atom. The fourth-order valence-corrected chi connectivity index (χ4v) is 2.41. The number of hydrogen-bond donors (Lipinski definition) is 3. The lowest BCUT2D eigenvalue weighted by Crippen LogP contribution is -2.46. The van der Waals surface area contributed by atoms with Crippen LogP contribution in [0.3, 0.4) is 0 Å². The van der Waals surface area contributed by atoms with Crippen molar-refractivity contribution in [3.63, 3.8) is 0 Å². The second-order valence-electron chi connectivity index (χ2n) is 3.96. The van der Waals surface area contributed by atoms with Crippen LogP contribution in [0.1, 0.15) is 15.2 Å². The predicted molar refractivity (Wildman–Crippen MR) is 78.6 cm³/mol. The number of urea groups is 1. The van der Waals surface area contributed by atoms with Crippen LogP contribution in [0, 0.1) is 5.82 Å². The van der Waals surface area contributed by atoms with Gasteiger partial charge in [-0.05, 0) is 18.2 Å². The number of halogens is 2. The van der Waals surface area contributed by atoms with E-state index in [1.54, 1.807) is 30.3 Å². The lowest BCUT2D eigenvalue weighted by Gasteiger charge is -2.08. The molecule has 2 rings (SSSR count). The van der Waals surface area contributed by atoms with Gasteiger partial charge in [0, 0.05) is 12.1 Å². The average molecular weight is 328 g/mol.